The highest BCUT2D eigenvalue weighted by atomic mass is 32.2. The zero-order valence-corrected chi connectivity index (χ0v) is 29.2. The van der Waals surface area contributed by atoms with E-state index in [1.54, 1.807) is 34.9 Å². The van der Waals surface area contributed by atoms with Gasteiger partial charge in [-0.25, -0.2) is 0 Å². The summed E-state index contributed by atoms with van der Waals surface area (Å²) in [4.78, 5) is 34.4. The van der Waals surface area contributed by atoms with Gasteiger partial charge in [0.05, 0.1) is 25.5 Å². The highest BCUT2D eigenvalue weighted by molar-refractivity contribution is 7.99. The summed E-state index contributed by atoms with van der Waals surface area (Å²) in [6, 6.07) is 18.1. The molecule has 3 aromatic carbocycles. The van der Waals surface area contributed by atoms with Gasteiger partial charge in [0.1, 0.15) is 17.0 Å². The van der Waals surface area contributed by atoms with Crippen LogP contribution in [0.25, 0.3) is 10.9 Å². The molecular weight excluding hydrogens is 651 g/mol. The molecule has 4 aromatic rings. The average Bonchev–Trinajstić information content (AvgIpc) is 3.43. The number of benzene rings is 3. The number of amides is 2. The maximum absolute atomic E-state index is 14.8. The molecule has 2 N–H and O–H groups in total. The Kier molecular flexibility index (Phi) is 9.43. The number of nitrogens with one attached hydrogen (secondary N) is 2. The van der Waals surface area contributed by atoms with Crippen LogP contribution in [0.15, 0.2) is 66.7 Å². The van der Waals surface area contributed by atoms with E-state index in [4.69, 9.17) is 9.47 Å². The molecule has 2 aliphatic rings. The van der Waals surface area contributed by atoms with Gasteiger partial charge in [0.25, 0.3) is 5.91 Å². The van der Waals surface area contributed by atoms with Crippen molar-refractivity contribution in [1.82, 2.24) is 9.88 Å². The number of nitrogens with zero attached hydrogens (tertiary/aromatic N) is 1. The van der Waals surface area contributed by atoms with Gasteiger partial charge in [0, 0.05) is 35.6 Å². The first-order chi connectivity index (χ1) is 23.3. The number of halogens is 3. The lowest BCUT2D eigenvalue weighted by atomic mass is 9.87. The number of para-hydroxylation sites is 1. The maximum Gasteiger partial charge on any atom is 0.416 e. The third-order valence-corrected chi connectivity index (χ3v) is 11.5. The van der Waals surface area contributed by atoms with E-state index in [-0.39, 0.29) is 42.0 Å². The van der Waals surface area contributed by atoms with Gasteiger partial charge in [-0.3, -0.25) is 9.59 Å². The van der Waals surface area contributed by atoms with Crippen molar-refractivity contribution >= 4 is 40.2 Å². The van der Waals surface area contributed by atoms with Crippen molar-refractivity contribution in [3.05, 3.63) is 89.1 Å². The Bertz CT molecular complexity index is 1850. The van der Waals surface area contributed by atoms with Crippen molar-refractivity contribution in [3.8, 4) is 11.5 Å². The second-order valence-corrected chi connectivity index (χ2v) is 14.9. The molecule has 260 valence electrons. The first kappa shape index (κ1) is 34.7. The number of hydrogen-bond donors (Lipinski definition) is 2. The van der Waals surface area contributed by atoms with Gasteiger partial charge in [0.2, 0.25) is 5.91 Å². The van der Waals surface area contributed by atoms with Gasteiger partial charge in [-0.05, 0) is 90.0 Å². The van der Waals surface area contributed by atoms with Gasteiger partial charge in [-0.2, -0.15) is 24.9 Å². The summed E-state index contributed by atoms with van der Waals surface area (Å²) in [6.45, 7) is 6.41. The number of aromatic nitrogens is 1. The van der Waals surface area contributed by atoms with Crippen LogP contribution in [-0.4, -0.2) is 53.0 Å². The Morgan fingerprint density at radius 3 is 2.35 bits per heavy atom. The molecule has 1 saturated carbocycles. The molecular formula is C38H42F3N3O4S. The number of fused-ring (bicyclic) bond motifs is 1. The number of carbonyl (C=O) groups is 2. The molecule has 11 heteroatoms. The zero-order valence-electron chi connectivity index (χ0n) is 28.4. The normalized spacial score (nSPS) is 19.7. The predicted octanol–water partition coefficient (Wildman–Crippen LogP) is 8.58. The number of aromatic amines is 1. The van der Waals surface area contributed by atoms with E-state index in [0.717, 1.165) is 28.7 Å². The first-order valence-corrected chi connectivity index (χ1v) is 17.6. The summed E-state index contributed by atoms with van der Waals surface area (Å²) in [5.41, 5.74) is 2.11. The molecule has 0 spiro atoms. The van der Waals surface area contributed by atoms with E-state index < -0.39 is 17.3 Å². The topological polar surface area (TPSA) is 83.7 Å². The van der Waals surface area contributed by atoms with Crippen LogP contribution in [-0.2, 0) is 22.3 Å². The van der Waals surface area contributed by atoms with Gasteiger partial charge in [-0.1, -0.05) is 44.2 Å². The Hall–Kier alpha value is -4.12. The van der Waals surface area contributed by atoms with Gasteiger partial charge in [-0.15, -0.1) is 0 Å². The fourth-order valence-corrected chi connectivity index (χ4v) is 8.79. The van der Waals surface area contributed by atoms with Gasteiger partial charge in [0.15, 0.2) is 0 Å². The van der Waals surface area contributed by atoms with Crippen molar-refractivity contribution in [2.75, 3.05) is 31.0 Å². The van der Waals surface area contributed by atoms with Crippen LogP contribution in [0.5, 0.6) is 11.5 Å². The lowest BCUT2D eigenvalue weighted by molar-refractivity contribution is -0.147. The lowest BCUT2D eigenvalue weighted by Gasteiger charge is -2.45. The summed E-state index contributed by atoms with van der Waals surface area (Å²) >= 11 is 1.71. The van der Waals surface area contributed by atoms with Gasteiger partial charge >= 0.3 is 6.18 Å². The monoisotopic (exact) mass is 693 g/mol. The lowest BCUT2D eigenvalue weighted by Crippen LogP contribution is -2.60. The highest BCUT2D eigenvalue weighted by Gasteiger charge is 2.60. The number of alkyl halides is 3. The number of rotatable bonds is 10. The molecule has 6 rings (SSSR count). The van der Waals surface area contributed by atoms with Crippen LogP contribution in [0.3, 0.4) is 0 Å². The molecule has 7 nitrogen and oxygen atoms in total. The molecule has 2 fully saturated rings. The van der Waals surface area contributed by atoms with E-state index in [0.29, 0.717) is 47.1 Å². The number of anilines is 1. The zero-order chi connectivity index (χ0) is 35.1. The fraction of sp³-hybridized carbons (Fsp3) is 0.421. The third kappa shape index (κ3) is 6.61. The van der Waals surface area contributed by atoms with Crippen molar-refractivity contribution in [1.29, 1.82) is 0 Å². The second kappa shape index (κ2) is 13.3. The summed E-state index contributed by atoms with van der Waals surface area (Å²) < 4.78 is 51.2. The van der Waals surface area contributed by atoms with E-state index in [1.165, 1.54) is 31.9 Å². The quantitative estimate of drug-likeness (QED) is 0.174. The Labute approximate surface area is 288 Å². The summed E-state index contributed by atoms with van der Waals surface area (Å²) in [6.07, 6.45) is -3.49. The van der Waals surface area contributed by atoms with Crippen LogP contribution in [0.4, 0.5) is 18.9 Å². The average molecular weight is 694 g/mol. The third-order valence-electron chi connectivity index (χ3n) is 10.5. The molecule has 2 heterocycles. The summed E-state index contributed by atoms with van der Waals surface area (Å²) in [7, 11) is 3.04. The molecule has 49 heavy (non-hydrogen) atoms. The minimum atomic E-state index is -4.49. The molecule has 1 saturated heterocycles. The molecule has 0 bridgehead atoms. The molecule has 2 atom stereocenters. The number of thioether (sulfide) groups is 1. The molecule has 2 amide bonds. The number of ether oxygens (including phenoxy) is 2. The van der Waals surface area contributed by atoms with Gasteiger partial charge < -0.3 is 24.7 Å². The largest absolute Gasteiger partial charge is 0.497 e. The predicted molar refractivity (Wildman–Crippen MR) is 187 cm³/mol. The van der Waals surface area contributed by atoms with Crippen molar-refractivity contribution in [3.63, 3.8) is 0 Å². The van der Waals surface area contributed by atoms with Crippen LogP contribution >= 0.6 is 11.8 Å². The van der Waals surface area contributed by atoms with E-state index in [9.17, 15) is 22.8 Å². The van der Waals surface area contributed by atoms with E-state index >= 15 is 0 Å². The second-order valence-electron chi connectivity index (χ2n) is 13.7. The van der Waals surface area contributed by atoms with Crippen molar-refractivity contribution in [2.24, 2.45) is 11.3 Å². The highest BCUT2D eigenvalue weighted by Crippen LogP contribution is 2.67. The molecule has 0 radical (unpaired) electrons. The van der Waals surface area contributed by atoms with Crippen LogP contribution < -0.4 is 14.8 Å². The van der Waals surface area contributed by atoms with Crippen LogP contribution in [0, 0.1) is 18.3 Å². The smallest absolute Gasteiger partial charge is 0.416 e. The SMILES string of the molecule is COc1ccc(NC(=O)C2(N(Cc3ccc(C(F)(F)F)cc3)C(=O)C[C@@H]3[C@@H](c4c(C)[nH]c5ccccc45)C3(C)C)CCSCC2)c(OC)c1. The molecule has 1 aliphatic carbocycles. The number of carbonyl (C=O) groups excluding carboxylic acids is 2. The molecule has 1 aliphatic heterocycles. The Balaban J connectivity index is 1.36. The summed E-state index contributed by atoms with van der Waals surface area (Å²) in [5.74, 6) is 1.85. The maximum atomic E-state index is 14.8. The van der Waals surface area contributed by atoms with E-state index in [1.807, 2.05) is 12.1 Å². The molecule has 0 unspecified atom stereocenters. The van der Waals surface area contributed by atoms with Crippen molar-refractivity contribution in [2.45, 2.75) is 64.2 Å². The minimum absolute atomic E-state index is 0.00126. The fourth-order valence-electron chi connectivity index (χ4n) is 7.62. The summed E-state index contributed by atoms with van der Waals surface area (Å²) in [5, 5.41) is 4.18. The Morgan fingerprint density at radius 1 is 1.00 bits per heavy atom. The Morgan fingerprint density at radius 2 is 1.69 bits per heavy atom. The number of H-pyrrole nitrogens is 1. The molecule has 1 aromatic heterocycles. The van der Waals surface area contributed by atoms with E-state index in [2.05, 4.69) is 43.2 Å². The standard InChI is InChI=1S/C38H42F3N3O4S/c1-23-33(27-8-6-7-9-29(27)42-23)34-28(36(34,2)3)21-32(45)44(22-24-10-12-25(13-11-24)38(39,40)41)37(16-18-49-19-17-37)35(46)43-30-15-14-26(47-4)20-31(30)48-5/h6-15,20,28,34,42H,16-19,21-22H2,1-5H3,(H,43,46)/t28-,34+/m1/s1. The van der Waals surface area contributed by atoms with Crippen LogP contribution in [0.1, 0.15) is 61.4 Å². The van der Waals surface area contributed by atoms with Crippen LogP contribution in [0.2, 0.25) is 0 Å². The van der Waals surface area contributed by atoms with Crippen molar-refractivity contribution < 1.29 is 32.2 Å². The number of methoxy groups -OCH3 is 2. The number of aryl methyl sites for hydroxylation is 1. The first-order valence-electron chi connectivity index (χ1n) is 16.4. The minimum Gasteiger partial charge on any atom is -0.497 e. The number of hydrogen-bond acceptors (Lipinski definition) is 5.